The Kier molecular flexibility index (Phi) is 4.97. The van der Waals surface area contributed by atoms with Gasteiger partial charge in [0.1, 0.15) is 5.75 Å². The van der Waals surface area contributed by atoms with Crippen LogP contribution in [-0.4, -0.2) is 21.4 Å². The summed E-state index contributed by atoms with van der Waals surface area (Å²) in [5.41, 5.74) is 2.69. The highest BCUT2D eigenvalue weighted by Crippen LogP contribution is 2.28. The van der Waals surface area contributed by atoms with E-state index in [1.807, 2.05) is 30.5 Å². The molecule has 2 nitrogen and oxygen atoms in total. The molecule has 0 fully saturated rings. The highest BCUT2D eigenvalue weighted by Gasteiger charge is 2.27. The molecule has 110 valence electrons. The first-order valence-corrected chi connectivity index (χ1v) is 10.8. The van der Waals surface area contributed by atoms with Gasteiger partial charge in [-0.1, -0.05) is 50.0 Å². The van der Waals surface area contributed by atoms with Crippen molar-refractivity contribution in [3.05, 3.63) is 65.7 Å². The van der Waals surface area contributed by atoms with Crippen LogP contribution in [0, 0.1) is 0 Å². The smallest absolute Gasteiger partial charge is 0.118 e. The minimum Gasteiger partial charge on any atom is -0.497 e. The zero-order chi connectivity index (χ0) is 15.3. The van der Waals surface area contributed by atoms with E-state index < -0.39 is 8.07 Å². The second kappa shape index (κ2) is 6.72. The molecule has 21 heavy (non-hydrogen) atoms. The minimum atomic E-state index is -1.42. The topological polar surface area (TPSA) is 21.6 Å². The number of ether oxygens (including phenoxy) is 1. The Hall–Kier alpha value is -1.87. The molecule has 2 rings (SSSR count). The van der Waals surface area contributed by atoms with Gasteiger partial charge in [0.05, 0.1) is 20.8 Å². The number of benzene rings is 2. The normalized spacial score (nSPS) is 13.3. The van der Waals surface area contributed by atoms with E-state index in [4.69, 9.17) is 9.73 Å². The Morgan fingerprint density at radius 1 is 0.952 bits per heavy atom. The van der Waals surface area contributed by atoms with Gasteiger partial charge in [-0.25, -0.2) is 0 Å². The van der Waals surface area contributed by atoms with Crippen LogP contribution in [0.25, 0.3) is 0 Å². The maximum atomic E-state index is 5.18. The molecule has 0 saturated heterocycles. The summed E-state index contributed by atoms with van der Waals surface area (Å²) in [6, 6.07) is 18.6. The first-order chi connectivity index (χ1) is 10.0. The molecule has 0 saturated carbocycles. The van der Waals surface area contributed by atoms with Gasteiger partial charge in [-0.15, -0.1) is 0 Å². The van der Waals surface area contributed by atoms with Crippen LogP contribution in [0.2, 0.25) is 19.6 Å². The van der Waals surface area contributed by atoms with Gasteiger partial charge >= 0.3 is 0 Å². The lowest BCUT2D eigenvalue weighted by Crippen LogP contribution is -2.29. The molecule has 0 amide bonds. The average molecular weight is 297 g/mol. The molecule has 0 heterocycles. The molecular weight excluding hydrogens is 274 g/mol. The molecule has 2 aromatic rings. The van der Waals surface area contributed by atoms with Gasteiger partial charge in [0.2, 0.25) is 0 Å². The molecule has 0 aliphatic rings. The van der Waals surface area contributed by atoms with Crippen molar-refractivity contribution in [1.82, 2.24) is 0 Å². The van der Waals surface area contributed by atoms with Crippen molar-refractivity contribution >= 4 is 14.3 Å². The largest absolute Gasteiger partial charge is 0.497 e. The fraction of sp³-hybridized carbons (Fsp3) is 0.278. The van der Waals surface area contributed by atoms with Crippen molar-refractivity contribution in [2.45, 2.75) is 25.3 Å². The summed E-state index contributed by atoms with van der Waals surface area (Å²) < 4.78 is 5.18. The summed E-state index contributed by atoms with van der Waals surface area (Å²) in [4.78, 5) is 4.89. The predicted octanol–water partition coefficient (Wildman–Crippen LogP) is 4.73. The van der Waals surface area contributed by atoms with Gasteiger partial charge in [0.15, 0.2) is 0 Å². The molecule has 0 aliphatic carbocycles. The number of rotatable bonds is 5. The third-order valence-electron chi connectivity index (χ3n) is 3.42. The summed E-state index contributed by atoms with van der Waals surface area (Å²) in [6.07, 6.45) is 1.98. The summed E-state index contributed by atoms with van der Waals surface area (Å²) in [6.45, 7) is 7.07. The van der Waals surface area contributed by atoms with Crippen LogP contribution in [0.1, 0.15) is 16.8 Å². The lowest BCUT2D eigenvalue weighted by Gasteiger charge is -2.25. The number of hydrogen-bond donors (Lipinski definition) is 0. The molecule has 2 aromatic carbocycles. The predicted molar refractivity (Wildman–Crippen MR) is 93.1 cm³/mol. The van der Waals surface area contributed by atoms with E-state index in [-0.39, 0.29) is 5.67 Å². The van der Waals surface area contributed by atoms with Gasteiger partial charge in [-0.05, 0) is 35.4 Å². The molecule has 0 spiro atoms. The number of aliphatic imine (C=N–C) groups is 1. The van der Waals surface area contributed by atoms with Crippen LogP contribution in [0.4, 0.5) is 0 Å². The Morgan fingerprint density at radius 3 is 2.10 bits per heavy atom. The van der Waals surface area contributed by atoms with Crippen molar-refractivity contribution in [2.24, 2.45) is 4.99 Å². The molecule has 1 unspecified atom stereocenters. The second-order valence-corrected chi connectivity index (χ2v) is 11.5. The Morgan fingerprint density at radius 2 is 1.57 bits per heavy atom. The second-order valence-electron chi connectivity index (χ2n) is 6.23. The highest BCUT2D eigenvalue weighted by molar-refractivity contribution is 6.77. The van der Waals surface area contributed by atoms with Crippen LogP contribution >= 0.6 is 0 Å². The fourth-order valence-electron chi connectivity index (χ4n) is 2.30. The maximum absolute atomic E-state index is 5.18. The summed E-state index contributed by atoms with van der Waals surface area (Å²) in [5.74, 6) is 0.872. The molecule has 1 atom stereocenters. The average Bonchev–Trinajstić information content (AvgIpc) is 2.48. The first kappa shape index (κ1) is 15.5. The van der Waals surface area contributed by atoms with Gasteiger partial charge in [0, 0.05) is 6.21 Å². The monoisotopic (exact) mass is 297 g/mol. The van der Waals surface area contributed by atoms with Gasteiger partial charge in [-0.3, -0.25) is 4.99 Å². The number of nitrogens with zero attached hydrogens (tertiary/aromatic N) is 1. The van der Waals surface area contributed by atoms with Crippen molar-refractivity contribution in [3.8, 4) is 5.75 Å². The lowest BCUT2D eigenvalue weighted by atomic mass is 10.2. The molecular formula is C18H23NOSi. The van der Waals surface area contributed by atoms with Crippen LogP contribution in [-0.2, 0) is 0 Å². The van der Waals surface area contributed by atoms with Crippen LogP contribution in [0.5, 0.6) is 5.75 Å². The minimum absolute atomic E-state index is 0.279. The first-order valence-electron chi connectivity index (χ1n) is 7.23. The zero-order valence-corrected chi connectivity index (χ0v) is 14.2. The fourth-order valence-corrected chi connectivity index (χ4v) is 4.01. The van der Waals surface area contributed by atoms with Gasteiger partial charge in [0.25, 0.3) is 0 Å². The Balaban J connectivity index is 2.24. The number of methoxy groups -OCH3 is 1. The van der Waals surface area contributed by atoms with Gasteiger partial charge < -0.3 is 4.74 Å². The van der Waals surface area contributed by atoms with Crippen molar-refractivity contribution < 1.29 is 4.74 Å². The highest BCUT2D eigenvalue weighted by atomic mass is 28.3. The van der Waals surface area contributed by atoms with E-state index >= 15 is 0 Å². The van der Waals surface area contributed by atoms with E-state index in [1.54, 1.807) is 7.11 Å². The van der Waals surface area contributed by atoms with Crippen molar-refractivity contribution in [1.29, 1.82) is 0 Å². The van der Waals surface area contributed by atoms with E-state index in [9.17, 15) is 0 Å². The molecule has 0 aliphatic heterocycles. The molecule has 0 aromatic heterocycles. The zero-order valence-electron chi connectivity index (χ0n) is 13.2. The quantitative estimate of drug-likeness (QED) is 0.577. The third-order valence-corrected chi connectivity index (χ3v) is 5.55. The molecule has 0 bridgehead atoms. The van der Waals surface area contributed by atoms with Crippen LogP contribution < -0.4 is 4.74 Å². The summed E-state index contributed by atoms with van der Waals surface area (Å²) in [7, 11) is 0.259. The lowest BCUT2D eigenvalue weighted by molar-refractivity contribution is 0.415. The maximum Gasteiger partial charge on any atom is 0.118 e. The van der Waals surface area contributed by atoms with Crippen LogP contribution in [0.15, 0.2) is 59.6 Å². The summed E-state index contributed by atoms with van der Waals surface area (Å²) in [5, 5.41) is 0. The SMILES string of the molecule is COc1ccc(/C=N/C(c2ccccc2)[Si](C)(C)C)cc1. The standard InChI is InChI=1S/C18H23NOSi/c1-20-17-12-10-15(11-13-17)14-19-18(21(2,3)4)16-8-6-5-7-9-16/h5-14,18H,1-4H3/b19-14+. The molecule has 3 heteroatoms. The van der Waals surface area contributed by atoms with Gasteiger partial charge in [-0.2, -0.15) is 0 Å². The third kappa shape index (κ3) is 4.30. The molecule has 0 radical (unpaired) electrons. The van der Waals surface area contributed by atoms with Crippen molar-refractivity contribution in [2.75, 3.05) is 7.11 Å². The van der Waals surface area contributed by atoms with E-state index in [1.165, 1.54) is 5.56 Å². The Labute approximate surface area is 128 Å². The van der Waals surface area contributed by atoms with Crippen LogP contribution in [0.3, 0.4) is 0 Å². The summed E-state index contributed by atoms with van der Waals surface area (Å²) >= 11 is 0. The Bertz CT molecular complexity index is 585. The van der Waals surface area contributed by atoms with Crippen molar-refractivity contribution in [3.63, 3.8) is 0 Å². The molecule has 0 N–H and O–H groups in total. The van der Waals surface area contributed by atoms with E-state index in [0.717, 1.165) is 11.3 Å². The number of hydrogen-bond acceptors (Lipinski definition) is 2. The van der Waals surface area contributed by atoms with E-state index in [0.29, 0.717) is 0 Å². The van der Waals surface area contributed by atoms with E-state index in [2.05, 4.69) is 50.0 Å².